The first-order valence-electron chi connectivity index (χ1n) is 7.50. The Morgan fingerprint density at radius 3 is 2.15 bits per heavy atom. The number of nitrogens with zero attached hydrogens (tertiary/aromatic N) is 1. The summed E-state index contributed by atoms with van der Waals surface area (Å²) in [6.45, 7) is 3.35. The number of benzene rings is 2. The van der Waals surface area contributed by atoms with Crippen LogP contribution < -0.4 is 10.2 Å². The standard InChI is InChI=1S/C18H22N2/c1-3-8-16(9-4-1)10-7-13-20(18-14-19-15-18)17-11-5-2-6-12-17/h1-6,8-9,11-12,18-19H,7,10,13-15H2. The molecule has 0 spiro atoms. The van der Waals surface area contributed by atoms with Crippen LogP contribution in [0.2, 0.25) is 0 Å². The minimum absolute atomic E-state index is 0.660. The lowest BCUT2D eigenvalue weighted by Gasteiger charge is -2.40. The van der Waals surface area contributed by atoms with Gasteiger partial charge in [-0.05, 0) is 30.5 Å². The van der Waals surface area contributed by atoms with Crippen molar-refractivity contribution in [3.63, 3.8) is 0 Å². The van der Waals surface area contributed by atoms with Gasteiger partial charge in [-0.15, -0.1) is 0 Å². The van der Waals surface area contributed by atoms with Crippen LogP contribution in [0.3, 0.4) is 0 Å². The Balaban J connectivity index is 1.59. The van der Waals surface area contributed by atoms with E-state index in [1.807, 2.05) is 0 Å². The van der Waals surface area contributed by atoms with E-state index in [0.29, 0.717) is 6.04 Å². The van der Waals surface area contributed by atoms with E-state index in [1.54, 1.807) is 0 Å². The van der Waals surface area contributed by atoms with Gasteiger partial charge in [-0.3, -0.25) is 0 Å². The monoisotopic (exact) mass is 266 g/mol. The van der Waals surface area contributed by atoms with Crippen LogP contribution in [0.4, 0.5) is 5.69 Å². The Morgan fingerprint density at radius 2 is 1.55 bits per heavy atom. The van der Waals surface area contributed by atoms with Gasteiger partial charge < -0.3 is 10.2 Å². The lowest BCUT2D eigenvalue weighted by Crippen LogP contribution is -2.57. The van der Waals surface area contributed by atoms with Gasteiger partial charge in [-0.25, -0.2) is 0 Å². The summed E-state index contributed by atoms with van der Waals surface area (Å²) in [4.78, 5) is 2.56. The number of para-hydroxylation sites is 1. The van der Waals surface area contributed by atoms with E-state index in [-0.39, 0.29) is 0 Å². The number of nitrogens with one attached hydrogen (secondary N) is 1. The minimum Gasteiger partial charge on any atom is -0.366 e. The molecule has 1 aliphatic heterocycles. The summed E-state index contributed by atoms with van der Waals surface area (Å²) in [6.07, 6.45) is 2.36. The van der Waals surface area contributed by atoms with Crippen LogP contribution in [-0.4, -0.2) is 25.7 Å². The summed E-state index contributed by atoms with van der Waals surface area (Å²) in [5, 5.41) is 3.38. The average Bonchev–Trinajstić information content (AvgIpc) is 2.46. The normalized spacial score (nSPS) is 14.8. The molecule has 0 atom stereocenters. The number of aryl methyl sites for hydroxylation is 1. The van der Waals surface area contributed by atoms with Crippen molar-refractivity contribution in [2.24, 2.45) is 0 Å². The van der Waals surface area contributed by atoms with Crippen molar-refractivity contribution in [1.29, 1.82) is 0 Å². The predicted octanol–water partition coefficient (Wildman–Crippen LogP) is 3.10. The van der Waals surface area contributed by atoms with Gasteiger partial charge in [-0.2, -0.15) is 0 Å². The van der Waals surface area contributed by atoms with Gasteiger partial charge in [0, 0.05) is 25.3 Å². The summed E-state index contributed by atoms with van der Waals surface area (Å²) in [7, 11) is 0. The van der Waals surface area contributed by atoms with Crippen LogP contribution in [-0.2, 0) is 6.42 Å². The van der Waals surface area contributed by atoms with E-state index < -0.39 is 0 Å². The molecule has 2 heteroatoms. The Bertz CT molecular complexity index is 505. The van der Waals surface area contributed by atoms with Gasteiger partial charge >= 0.3 is 0 Å². The topological polar surface area (TPSA) is 15.3 Å². The summed E-state index contributed by atoms with van der Waals surface area (Å²) in [5.41, 5.74) is 2.79. The number of hydrogen-bond acceptors (Lipinski definition) is 2. The second kappa shape index (κ2) is 6.58. The van der Waals surface area contributed by atoms with Crippen LogP contribution >= 0.6 is 0 Å². The minimum atomic E-state index is 0.660. The molecule has 20 heavy (non-hydrogen) atoms. The average molecular weight is 266 g/mol. The molecule has 104 valence electrons. The Labute approximate surface area is 121 Å². The first-order chi connectivity index (χ1) is 9.93. The fourth-order valence-corrected chi connectivity index (χ4v) is 2.73. The van der Waals surface area contributed by atoms with Crippen LogP contribution in [0.25, 0.3) is 0 Å². The molecule has 1 fully saturated rings. The maximum atomic E-state index is 3.38. The van der Waals surface area contributed by atoms with Crippen molar-refractivity contribution in [3.05, 3.63) is 66.2 Å². The van der Waals surface area contributed by atoms with E-state index in [0.717, 1.165) is 26.1 Å². The van der Waals surface area contributed by atoms with E-state index in [2.05, 4.69) is 70.9 Å². The molecule has 1 saturated heterocycles. The molecule has 0 aliphatic carbocycles. The summed E-state index contributed by atoms with van der Waals surface area (Å²) < 4.78 is 0. The fraction of sp³-hybridized carbons (Fsp3) is 0.333. The van der Waals surface area contributed by atoms with Crippen molar-refractivity contribution in [1.82, 2.24) is 5.32 Å². The van der Waals surface area contributed by atoms with Crippen molar-refractivity contribution in [2.75, 3.05) is 24.5 Å². The van der Waals surface area contributed by atoms with Gasteiger partial charge in [0.15, 0.2) is 0 Å². The molecule has 0 amide bonds. The summed E-state index contributed by atoms with van der Waals surface area (Å²) >= 11 is 0. The third kappa shape index (κ3) is 3.20. The third-order valence-electron chi connectivity index (χ3n) is 4.00. The molecule has 0 unspecified atom stereocenters. The van der Waals surface area contributed by atoms with E-state index >= 15 is 0 Å². The van der Waals surface area contributed by atoms with Gasteiger partial charge in [0.05, 0.1) is 6.04 Å². The van der Waals surface area contributed by atoms with Crippen LogP contribution in [0, 0.1) is 0 Å². The molecule has 1 N–H and O–H groups in total. The quantitative estimate of drug-likeness (QED) is 0.864. The van der Waals surface area contributed by atoms with Crippen molar-refractivity contribution >= 4 is 5.69 Å². The molecule has 2 aromatic rings. The second-order valence-electron chi connectivity index (χ2n) is 5.43. The van der Waals surface area contributed by atoms with E-state index in [4.69, 9.17) is 0 Å². The van der Waals surface area contributed by atoms with Crippen molar-refractivity contribution in [2.45, 2.75) is 18.9 Å². The molecule has 0 radical (unpaired) electrons. The highest BCUT2D eigenvalue weighted by Crippen LogP contribution is 2.19. The first kappa shape index (κ1) is 13.2. The smallest absolute Gasteiger partial charge is 0.0539 e. The lowest BCUT2D eigenvalue weighted by atomic mass is 10.1. The maximum Gasteiger partial charge on any atom is 0.0539 e. The molecule has 2 nitrogen and oxygen atoms in total. The molecule has 0 saturated carbocycles. The van der Waals surface area contributed by atoms with Gasteiger partial charge in [0.25, 0.3) is 0 Å². The second-order valence-corrected chi connectivity index (χ2v) is 5.43. The molecule has 0 bridgehead atoms. The van der Waals surface area contributed by atoms with Crippen LogP contribution in [0.5, 0.6) is 0 Å². The third-order valence-corrected chi connectivity index (χ3v) is 4.00. The Hall–Kier alpha value is -1.80. The predicted molar refractivity (Wildman–Crippen MR) is 85.2 cm³/mol. The highest BCUT2D eigenvalue weighted by molar-refractivity contribution is 5.47. The largest absolute Gasteiger partial charge is 0.366 e. The summed E-state index contributed by atoms with van der Waals surface area (Å²) in [5.74, 6) is 0. The van der Waals surface area contributed by atoms with E-state index in [1.165, 1.54) is 17.7 Å². The van der Waals surface area contributed by atoms with Gasteiger partial charge in [0.2, 0.25) is 0 Å². The molecular weight excluding hydrogens is 244 g/mol. The number of rotatable bonds is 6. The fourth-order valence-electron chi connectivity index (χ4n) is 2.73. The number of hydrogen-bond donors (Lipinski definition) is 1. The first-order valence-corrected chi connectivity index (χ1v) is 7.50. The SMILES string of the molecule is c1ccc(CCCN(c2ccccc2)C2CNC2)cc1. The zero-order valence-corrected chi connectivity index (χ0v) is 11.8. The summed E-state index contributed by atoms with van der Waals surface area (Å²) in [6, 6.07) is 22.2. The van der Waals surface area contributed by atoms with Crippen molar-refractivity contribution in [3.8, 4) is 0 Å². The molecule has 0 aromatic heterocycles. The van der Waals surface area contributed by atoms with E-state index in [9.17, 15) is 0 Å². The molecule has 3 rings (SSSR count). The highest BCUT2D eigenvalue weighted by Gasteiger charge is 2.24. The highest BCUT2D eigenvalue weighted by atomic mass is 15.2. The Kier molecular flexibility index (Phi) is 4.34. The number of anilines is 1. The maximum absolute atomic E-state index is 3.38. The molecule has 1 aliphatic rings. The van der Waals surface area contributed by atoms with Crippen LogP contribution in [0.1, 0.15) is 12.0 Å². The van der Waals surface area contributed by atoms with Crippen molar-refractivity contribution < 1.29 is 0 Å². The van der Waals surface area contributed by atoms with Gasteiger partial charge in [-0.1, -0.05) is 48.5 Å². The molecule has 2 aromatic carbocycles. The molecule has 1 heterocycles. The van der Waals surface area contributed by atoms with Crippen LogP contribution in [0.15, 0.2) is 60.7 Å². The zero-order chi connectivity index (χ0) is 13.6. The van der Waals surface area contributed by atoms with Gasteiger partial charge in [0.1, 0.15) is 0 Å². The Morgan fingerprint density at radius 1 is 0.900 bits per heavy atom. The zero-order valence-electron chi connectivity index (χ0n) is 11.8. The lowest BCUT2D eigenvalue weighted by molar-refractivity contribution is 0.411. The molecular formula is C18H22N2.